The Morgan fingerprint density at radius 2 is 2.08 bits per heavy atom. The summed E-state index contributed by atoms with van der Waals surface area (Å²) in [6, 6.07) is -1.34. The summed E-state index contributed by atoms with van der Waals surface area (Å²) in [5, 5.41) is 16.9. The van der Waals surface area contributed by atoms with E-state index < -0.39 is 37.4 Å². The van der Waals surface area contributed by atoms with Crippen LogP contribution < -0.4 is 0 Å². The fourth-order valence-corrected chi connectivity index (χ4v) is 1.32. The monoisotopic (exact) mass is 199 g/mol. The van der Waals surface area contributed by atoms with E-state index in [1.807, 2.05) is 0 Å². The highest BCUT2D eigenvalue weighted by atomic mass is 19.4. The van der Waals surface area contributed by atoms with Crippen molar-refractivity contribution in [1.29, 1.82) is 0 Å². The van der Waals surface area contributed by atoms with E-state index >= 15 is 0 Å². The lowest BCUT2D eigenvalue weighted by Crippen LogP contribution is -2.64. The Morgan fingerprint density at radius 3 is 2.38 bits per heavy atom. The van der Waals surface area contributed by atoms with Crippen LogP contribution in [0, 0.1) is 5.92 Å². The van der Waals surface area contributed by atoms with Crippen molar-refractivity contribution in [2.24, 2.45) is 5.92 Å². The van der Waals surface area contributed by atoms with Crippen molar-refractivity contribution in [3.05, 3.63) is 0 Å². The standard InChI is InChI=1S/C6H8F3NO3/c7-6(8,9)3-1-10(5(12)13)4(3)2-11/h3-4,11H,1-2H2,(H,12,13)/t3-,4+/m1/s1. The van der Waals surface area contributed by atoms with Gasteiger partial charge in [-0.1, -0.05) is 0 Å². The zero-order chi connectivity index (χ0) is 10.2. The maximum Gasteiger partial charge on any atom is 0.407 e. The molecule has 76 valence electrons. The minimum atomic E-state index is -4.43. The van der Waals surface area contributed by atoms with E-state index in [0.717, 1.165) is 0 Å². The molecule has 2 atom stereocenters. The van der Waals surface area contributed by atoms with Gasteiger partial charge in [-0.25, -0.2) is 4.79 Å². The van der Waals surface area contributed by atoms with Gasteiger partial charge in [0.2, 0.25) is 0 Å². The van der Waals surface area contributed by atoms with Crippen molar-refractivity contribution in [2.75, 3.05) is 13.2 Å². The second kappa shape index (κ2) is 3.06. The Bertz CT molecular complexity index is 218. The molecule has 0 unspecified atom stereocenters. The predicted octanol–water partition coefficient (Wildman–Crippen LogP) is 0.519. The summed E-state index contributed by atoms with van der Waals surface area (Å²) in [4.78, 5) is 10.9. The van der Waals surface area contributed by atoms with E-state index in [-0.39, 0.29) is 0 Å². The molecule has 1 aliphatic heterocycles. The Labute approximate surface area is 71.6 Å². The number of likely N-dealkylation sites (tertiary alicyclic amines) is 1. The number of amides is 1. The Morgan fingerprint density at radius 1 is 1.54 bits per heavy atom. The minimum absolute atomic E-state index is 0.579. The molecule has 0 aromatic rings. The molecule has 13 heavy (non-hydrogen) atoms. The molecule has 1 fully saturated rings. The quantitative estimate of drug-likeness (QED) is 0.647. The molecular formula is C6H8F3NO3. The smallest absolute Gasteiger partial charge is 0.407 e. The summed E-state index contributed by atoms with van der Waals surface area (Å²) in [5.41, 5.74) is 0. The Hall–Kier alpha value is -0.980. The van der Waals surface area contributed by atoms with Crippen molar-refractivity contribution in [3.63, 3.8) is 0 Å². The van der Waals surface area contributed by atoms with Crippen LogP contribution in [0.1, 0.15) is 0 Å². The normalized spacial score (nSPS) is 28.5. The molecule has 2 N–H and O–H groups in total. The fourth-order valence-electron chi connectivity index (χ4n) is 1.32. The molecule has 1 aliphatic rings. The summed E-state index contributed by atoms with van der Waals surface area (Å²) in [7, 11) is 0. The van der Waals surface area contributed by atoms with Crippen LogP contribution in [0.5, 0.6) is 0 Å². The number of aliphatic hydroxyl groups is 1. The van der Waals surface area contributed by atoms with Crippen LogP contribution in [0.3, 0.4) is 0 Å². The van der Waals surface area contributed by atoms with Gasteiger partial charge in [-0.15, -0.1) is 0 Å². The van der Waals surface area contributed by atoms with Gasteiger partial charge in [0.15, 0.2) is 0 Å². The third-order valence-corrected chi connectivity index (χ3v) is 2.11. The second-order valence-electron chi connectivity index (χ2n) is 2.83. The van der Waals surface area contributed by atoms with Crippen LogP contribution in [0.4, 0.5) is 18.0 Å². The summed E-state index contributed by atoms with van der Waals surface area (Å²) in [6.45, 7) is -1.37. The number of aliphatic hydroxyl groups excluding tert-OH is 1. The van der Waals surface area contributed by atoms with Gasteiger partial charge < -0.3 is 15.1 Å². The molecule has 1 saturated heterocycles. The first-order valence-corrected chi connectivity index (χ1v) is 3.55. The highest BCUT2D eigenvalue weighted by Crippen LogP contribution is 2.38. The van der Waals surface area contributed by atoms with E-state index in [4.69, 9.17) is 10.2 Å². The van der Waals surface area contributed by atoms with Crippen LogP contribution in [-0.2, 0) is 0 Å². The summed E-state index contributed by atoms with van der Waals surface area (Å²) < 4.78 is 36.1. The van der Waals surface area contributed by atoms with Gasteiger partial charge in [-0.05, 0) is 0 Å². The van der Waals surface area contributed by atoms with E-state index in [9.17, 15) is 18.0 Å². The molecule has 1 amide bonds. The summed E-state index contributed by atoms with van der Waals surface area (Å²) >= 11 is 0. The van der Waals surface area contributed by atoms with Gasteiger partial charge in [-0.2, -0.15) is 13.2 Å². The van der Waals surface area contributed by atoms with Crippen LogP contribution >= 0.6 is 0 Å². The van der Waals surface area contributed by atoms with Crippen molar-refractivity contribution in [3.8, 4) is 0 Å². The van der Waals surface area contributed by atoms with E-state index in [0.29, 0.717) is 4.90 Å². The molecule has 1 heterocycles. The van der Waals surface area contributed by atoms with Crippen molar-refractivity contribution >= 4 is 6.09 Å². The molecule has 0 aromatic heterocycles. The number of hydrogen-bond acceptors (Lipinski definition) is 2. The van der Waals surface area contributed by atoms with Gasteiger partial charge in [0.1, 0.15) is 0 Å². The number of hydrogen-bond donors (Lipinski definition) is 2. The molecule has 4 nitrogen and oxygen atoms in total. The van der Waals surface area contributed by atoms with Crippen LogP contribution in [0.25, 0.3) is 0 Å². The first kappa shape index (κ1) is 10.1. The first-order chi connectivity index (χ1) is 5.88. The molecule has 7 heteroatoms. The number of nitrogens with zero attached hydrogens (tertiary/aromatic N) is 1. The van der Waals surface area contributed by atoms with Crippen molar-refractivity contribution in [1.82, 2.24) is 4.90 Å². The highest BCUT2D eigenvalue weighted by Gasteiger charge is 2.55. The molecule has 0 radical (unpaired) electrons. The third kappa shape index (κ3) is 1.69. The Kier molecular flexibility index (Phi) is 2.38. The molecule has 0 aromatic carbocycles. The lowest BCUT2D eigenvalue weighted by atomic mass is 9.89. The lowest BCUT2D eigenvalue weighted by Gasteiger charge is -2.45. The third-order valence-electron chi connectivity index (χ3n) is 2.11. The largest absolute Gasteiger partial charge is 0.465 e. The summed E-state index contributed by atoms with van der Waals surface area (Å²) in [6.07, 6.45) is -5.86. The average molecular weight is 199 g/mol. The summed E-state index contributed by atoms with van der Waals surface area (Å²) in [5.74, 6) is -1.73. The van der Waals surface area contributed by atoms with E-state index in [2.05, 4.69) is 0 Å². The van der Waals surface area contributed by atoms with E-state index in [1.165, 1.54) is 0 Å². The lowest BCUT2D eigenvalue weighted by molar-refractivity contribution is -0.227. The minimum Gasteiger partial charge on any atom is -0.465 e. The molecule has 0 spiro atoms. The fraction of sp³-hybridized carbons (Fsp3) is 0.833. The van der Waals surface area contributed by atoms with Crippen molar-refractivity contribution < 1.29 is 28.2 Å². The van der Waals surface area contributed by atoms with Crippen LogP contribution in [0.2, 0.25) is 0 Å². The molecule has 1 rings (SSSR count). The zero-order valence-corrected chi connectivity index (χ0v) is 6.45. The SMILES string of the molecule is O=C(O)N1C[C@@H](C(F)(F)F)[C@@H]1CO. The number of carboxylic acid groups (broad SMARTS) is 1. The van der Waals surface area contributed by atoms with Gasteiger partial charge in [0.05, 0.1) is 18.6 Å². The average Bonchev–Trinajstić information content (AvgIpc) is 1.80. The van der Waals surface area contributed by atoms with Gasteiger partial charge >= 0.3 is 12.3 Å². The second-order valence-corrected chi connectivity index (χ2v) is 2.83. The van der Waals surface area contributed by atoms with Crippen LogP contribution in [-0.4, -0.2) is 46.6 Å². The number of carbonyl (C=O) groups is 1. The van der Waals surface area contributed by atoms with E-state index in [1.54, 1.807) is 0 Å². The van der Waals surface area contributed by atoms with Crippen molar-refractivity contribution in [2.45, 2.75) is 12.2 Å². The number of alkyl halides is 3. The molecule has 0 saturated carbocycles. The first-order valence-electron chi connectivity index (χ1n) is 3.55. The van der Waals surface area contributed by atoms with Crippen LogP contribution in [0.15, 0.2) is 0 Å². The highest BCUT2D eigenvalue weighted by molar-refractivity contribution is 5.66. The van der Waals surface area contributed by atoms with Gasteiger partial charge in [0.25, 0.3) is 0 Å². The Balaban J connectivity index is 2.62. The van der Waals surface area contributed by atoms with Gasteiger partial charge in [0, 0.05) is 6.54 Å². The molecular weight excluding hydrogens is 191 g/mol. The number of halogens is 3. The molecule has 0 bridgehead atoms. The zero-order valence-electron chi connectivity index (χ0n) is 6.45. The maximum atomic E-state index is 12.0. The predicted molar refractivity (Wildman–Crippen MR) is 35.1 cm³/mol. The molecule has 0 aliphatic carbocycles. The topological polar surface area (TPSA) is 60.8 Å². The maximum absolute atomic E-state index is 12.0. The number of rotatable bonds is 1. The van der Waals surface area contributed by atoms with Gasteiger partial charge in [-0.3, -0.25) is 0 Å².